The van der Waals surface area contributed by atoms with Gasteiger partial charge < -0.3 is 14.8 Å². The van der Waals surface area contributed by atoms with Gasteiger partial charge in [-0.3, -0.25) is 4.79 Å². The maximum atomic E-state index is 11.8. The summed E-state index contributed by atoms with van der Waals surface area (Å²) < 4.78 is 11.1. The van der Waals surface area contributed by atoms with Gasteiger partial charge >= 0.3 is 5.97 Å². The third-order valence-electron chi connectivity index (χ3n) is 3.32. The Kier molecular flexibility index (Phi) is 4.24. The van der Waals surface area contributed by atoms with Crippen molar-refractivity contribution in [3.63, 3.8) is 0 Å². The van der Waals surface area contributed by atoms with Crippen molar-refractivity contribution in [1.82, 2.24) is 5.32 Å². The van der Waals surface area contributed by atoms with Gasteiger partial charge in [-0.2, -0.15) is 0 Å². The summed E-state index contributed by atoms with van der Waals surface area (Å²) in [6.45, 7) is 1.42. The number of benzene rings is 1. The topological polar surface area (TPSA) is 47.6 Å². The molecule has 1 aromatic rings. The van der Waals surface area contributed by atoms with E-state index >= 15 is 0 Å². The molecule has 1 aliphatic rings. The van der Waals surface area contributed by atoms with Crippen LogP contribution in [0.4, 0.5) is 0 Å². The zero-order valence-corrected chi connectivity index (χ0v) is 12.0. The highest BCUT2D eigenvalue weighted by Crippen LogP contribution is 2.35. The molecule has 0 amide bonds. The van der Waals surface area contributed by atoms with Gasteiger partial charge in [0.15, 0.2) is 0 Å². The molecule has 0 radical (unpaired) electrons. The minimum Gasteiger partial charge on any atom is -0.497 e. The molecule has 2 rings (SSSR count). The monoisotopic (exact) mass is 313 g/mol. The fourth-order valence-electron chi connectivity index (χ4n) is 2.34. The largest absolute Gasteiger partial charge is 0.497 e. The molecule has 1 saturated heterocycles. The Bertz CT molecular complexity index is 450. The van der Waals surface area contributed by atoms with Crippen LogP contribution in [0.3, 0.4) is 0 Å². The van der Waals surface area contributed by atoms with E-state index in [2.05, 4.69) is 21.2 Å². The first kappa shape index (κ1) is 13.4. The highest BCUT2D eigenvalue weighted by Gasteiger charge is 2.35. The van der Waals surface area contributed by atoms with Crippen LogP contribution in [0.25, 0.3) is 0 Å². The molecule has 1 N–H and O–H groups in total. The Morgan fingerprint density at radius 1 is 1.39 bits per heavy atom. The van der Waals surface area contributed by atoms with Crippen LogP contribution < -0.4 is 10.1 Å². The van der Waals surface area contributed by atoms with Crippen molar-refractivity contribution in [3.8, 4) is 5.75 Å². The maximum absolute atomic E-state index is 11.8. The summed E-state index contributed by atoms with van der Waals surface area (Å²) in [5, 5.41) is 3.24. The van der Waals surface area contributed by atoms with Crippen molar-refractivity contribution < 1.29 is 14.3 Å². The lowest BCUT2D eigenvalue weighted by atomic mass is 9.89. The normalized spacial score (nSPS) is 22.8. The van der Waals surface area contributed by atoms with Crippen molar-refractivity contribution in [3.05, 3.63) is 28.2 Å². The standard InChI is InChI=1S/C13H16BrNO3/c1-17-8-3-4-12(14)9(5-8)10-6-15-7-11(10)13(16)18-2/h3-5,10-11,15H,6-7H2,1-2H3. The second-order valence-corrected chi connectivity index (χ2v) is 5.14. The Morgan fingerprint density at radius 2 is 2.17 bits per heavy atom. The Morgan fingerprint density at radius 3 is 2.83 bits per heavy atom. The fourth-order valence-corrected chi connectivity index (χ4v) is 2.88. The molecule has 98 valence electrons. The first-order valence-electron chi connectivity index (χ1n) is 5.79. The lowest BCUT2D eigenvalue weighted by Gasteiger charge is -2.18. The molecular formula is C13H16BrNO3. The average Bonchev–Trinajstić information content (AvgIpc) is 2.87. The van der Waals surface area contributed by atoms with Crippen LogP contribution in [0.1, 0.15) is 11.5 Å². The van der Waals surface area contributed by atoms with E-state index in [9.17, 15) is 4.79 Å². The van der Waals surface area contributed by atoms with Crippen LogP contribution in [0.5, 0.6) is 5.75 Å². The van der Waals surface area contributed by atoms with Crippen molar-refractivity contribution in [2.75, 3.05) is 27.3 Å². The predicted octanol–water partition coefficient (Wildman–Crippen LogP) is 1.93. The molecule has 4 nitrogen and oxygen atoms in total. The molecule has 0 aliphatic carbocycles. The van der Waals surface area contributed by atoms with Gasteiger partial charge in [0.2, 0.25) is 0 Å². The van der Waals surface area contributed by atoms with Crippen LogP contribution in [0.15, 0.2) is 22.7 Å². The van der Waals surface area contributed by atoms with E-state index in [1.165, 1.54) is 7.11 Å². The minimum absolute atomic E-state index is 0.113. The predicted molar refractivity (Wildman–Crippen MR) is 71.8 cm³/mol. The number of esters is 1. The summed E-state index contributed by atoms with van der Waals surface area (Å²) >= 11 is 3.53. The van der Waals surface area contributed by atoms with E-state index in [0.29, 0.717) is 6.54 Å². The number of carbonyl (C=O) groups is 1. The van der Waals surface area contributed by atoms with Crippen LogP contribution in [-0.2, 0) is 9.53 Å². The van der Waals surface area contributed by atoms with E-state index < -0.39 is 0 Å². The van der Waals surface area contributed by atoms with Crippen molar-refractivity contribution in [1.29, 1.82) is 0 Å². The van der Waals surface area contributed by atoms with Gasteiger partial charge in [0, 0.05) is 23.5 Å². The molecule has 1 fully saturated rings. The van der Waals surface area contributed by atoms with E-state index in [4.69, 9.17) is 9.47 Å². The first-order valence-corrected chi connectivity index (χ1v) is 6.58. The van der Waals surface area contributed by atoms with E-state index in [-0.39, 0.29) is 17.8 Å². The molecule has 0 saturated carbocycles. The van der Waals surface area contributed by atoms with Gasteiger partial charge in [-0.05, 0) is 23.8 Å². The highest BCUT2D eigenvalue weighted by atomic mass is 79.9. The molecule has 18 heavy (non-hydrogen) atoms. The summed E-state index contributed by atoms with van der Waals surface area (Å²) in [5.74, 6) is 0.601. The minimum atomic E-state index is -0.167. The number of halogens is 1. The fraction of sp³-hybridized carbons (Fsp3) is 0.462. The third kappa shape index (κ3) is 2.52. The number of carbonyl (C=O) groups excluding carboxylic acids is 1. The third-order valence-corrected chi connectivity index (χ3v) is 4.04. The second kappa shape index (κ2) is 5.71. The summed E-state index contributed by atoms with van der Waals surface area (Å²) in [6, 6.07) is 5.81. The molecule has 1 aliphatic heterocycles. The molecule has 2 unspecified atom stereocenters. The van der Waals surface area contributed by atoms with Gasteiger partial charge in [0.05, 0.1) is 20.1 Å². The number of methoxy groups -OCH3 is 2. The number of nitrogens with one attached hydrogen (secondary N) is 1. The number of hydrogen-bond acceptors (Lipinski definition) is 4. The van der Waals surface area contributed by atoms with Crippen LogP contribution in [0, 0.1) is 5.92 Å². The molecule has 1 aromatic carbocycles. The average molecular weight is 314 g/mol. The van der Waals surface area contributed by atoms with E-state index in [1.54, 1.807) is 7.11 Å². The number of rotatable bonds is 3. The van der Waals surface area contributed by atoms with Gasteiger partial charge in [-0.15, -0.1) is 0 Å². The van der Waals surface area contributed by atoms with Crippen LogP contribution >= 0.6 is 15.9 Å². The Hall–Kier alpha value is -1.07. The van der Waals surface area contributed by atoms with Crippen molar-refractivity contribution >= 4 is 21.9 Å². The molecule has 0 aromatic heterocycles. The molecule has 0 spiro atoms. The lowest BCUT2D eigenvalue weighted by molar-refractivity contribution is -0.145. The summed E-state index contributed by atoms with van der Waals surface area (Å²) in [4.78, 5) is 11.8. The van der Waals surface area contributed by atoms with Gasteiger partial charge in [-0.25, -0.2) is 0 Å². The van der Waals surface area contributed by atoms with E-state index in [0.717, 1.165) is 22.3 Å². The molecule has 1 heterocycles. The Balaban J connectivity index is 2.32. The van der Waals surface area contributed by atoms with Crippen molar-refractivity contribution in [2.45, 2.75) is 5.92 Å². The van der Waals surface area contributed by atoms with Gasteiger partial charge in [0.1, 0.15) is 5.75 Å². The number of hydrogen-bond donors (Lipinski definition) is 1. The summed E-state index contributed by atoms with van der Waals surface area (Å²) in [7, 11) is 3.07. The lowest BCUT2D eigenvalue weighted by Crippen LogP contribution is -2.23. The van der Waals surface area contributed by atoms with Gasteiger partial charge in [0.25, 0.3) is 0 Å². The molecular weight excluding hydrogens is 298 g/mol. The quantitative estimate of drug-likeness (QED) is 0.866. The first-order chi connectivity index (χ1) is 8.67. The number of ether oxygens (including phenoxy) is 2. The highest BCUT2D eigenvalue weighted by molar-refractivity contribution is 9.10. The van der Waals surface area contributed by atoms with E-state index in [1.807, 2.05) is 18.2 Å². The zero-order chi connectivity index (χ0) is 13.1. The van der Waals surface area contributed by atoms with Crippen LogP contribution in [0.2, 0.25) is 0 Å². The zero-order valence-electron chi connectivity index (χ0n) is 10.4. The SMILES string of the molecule is COC(=O)C1CNCC1c1cc(OC)ccc1Br. The van der Waals surface area contributed by atoms with Crippen molar-refractivity contribution in [2.24, 2.45) is 5.92 Å². The van der Waals surface area contributed by atoms with Gasteiger partial charge in [-0.1, -0.05) is 15.9 Å². The summed E-state index contributed by atoms with van der Waals surface area (Å²) in [6.07, 6.45) is 0. The molecule has 2 atom stereocenters. The Labute approximate surface area is 115 Å². The second-order valence-electron chi connectivity index (χ2n) is 4.28. The van der Waals surface area contributed by atoms with Crippen LogP contribution in [-0.4, -0.2) is 33.3 Å². The molecule has 5 heteroatoms. The maximum Gasteiger partial charge on any atom is 0.310 e. The smallest absolute Gasteiger partial charge is 0.310 e. The summed E-state index contributed by atoms with van der Waals surface area (Å²) in [5.41, 5.74) is 1.08. The molecule has 0 bridgehead atoms.